The SMILES string of the molecule is C=C(C)CN=C(N)NCCCCC(C)(C)C. The molecule has 0 aliphatic carbocycles. The van der Waals surface area contributed by atoms with Crippen LogP contribution in [0, 0.1) is 5.41 Å². The summed E-state index contributed by atoms with van der Waals surface area (Å²) in [6, 6.07) is 0. The van der Waals surface area contributed by atoms with Gasteiger partial charge in [0.05, 0.1) is 6.54 Å². The molecule has 3 nitrogen and oxygen atoms in total. The Hall–Kier alpha value is -0.990. The van der Waals surface area contributed by atoms with Gasteiger partial charge < -0.3 is 11.1 Å². The molecule has 0 aromatic rings. The van der Waals surface area contributed by atoms with Gasteiger partial charge in [0.15, 0.2) is 5.96 Å². The number of nitrogens with two attached hydrogens (primary N) is 1. The number of nitrogens with one attached hydrogen (secondary N) is 1. The number of hydrogen-bond acceptors (Lipinski definition) is 1. The van der Waals surface area contributed by atoms with Crippen LogP contribution in [0.2, 0.25) is 0 Å². The van der Waals surface area contributed by atoms with E-state index in [0.717, 1.165) is 18.5 Å². The van der Waals surface area contributed by atoms with Crippen molar-refractivity contribution >= 4 is 5.96 Å². The molecule has 0 aromatic heterocycles. The minimum Gasteiger partial charge on any atom is -0.370 e. The predicted octanol–water partition coefficient (Wildman–Crippen LogP) is 2.68. The van der Waals surface area contributed by atoms with Crippen molar-refractivity contribution in [1.29, 1.82) is 0 Å². The molecule has 0 rings (SSSR count). The normalized spacial score (nSPS) is 12.6. The van der Waals surface area contributed by atoms with E-state index in [4.69, 9.17) is 5.73 Å². The number of nitrogens with zero attached hydrogens (tertiary/aromatic N) is 1. The van der Waals surface area contributed by atoms with Crippen molar-refractivity contribution in [3.8, 4) is 0 Å². The molecule has 0 fully saturated rings. The molecular weight excluding hydrogens is 198 g/mol. The minimum atomic E-state index is 0.430. The third-order valence-electron chi connectivity index (χ3n) is 2.18. The zero-order valence-corrected chi connectivity index (χ0v) is 11.3. The quantitative estimate of drug-likeness (QED) is 0.316. The van der Waals surface area contributed by atoms with Crippen LogP contribution in [-0.4, -0.2) is 19.0 Å². The molecular formula is C13H27N3. The second-order valence-corrected chi connectivity index (χ2v) is 5.60. The Morgan fingerprint density at radius 1 is 1.31 bits per heavy atom. The molecule has 94 valence electrons. The lowest BCUT2D eigenvalue weighted by Gasteiger charge is -2.17. The molecule has 0 radical (unpaired) electrons. The number of hydrogen-bond donors (Lipinski definition) is 2. The summed E-state index contributed by atoms with van der Waals surface area (Å²) in [4.78, 5) is 4.15. The lowest BCUT2D eigenvalue weighted by Crippen LogP contribution is -2.32. The topological polar surface area (TPSA) is 50.4 Å². The Kier molecular flexibility index (Phi) is 6.86. The molecule has 0 aromatic carbocycles. The highest BCUT2D eigenvalue weighted by Gasteiger charge is 2.08. The van der Waals surface area contributed by atoms with E-state index < -0.39 is 0 Å². The molecule has 0 saturated heterocycles. The Labute approximate surface area is 100 Å². The number of guanidine groups is 1. The molecule has 3 N–H and O–H groups in total. The predicted molar refractivity (Wildman–Crippen MR) is 72.6 cm³/mol. The smallest absolute Gasteiger partial charge is 0.188 e. The van der Waals surface area contributed by atoms with Gasteiger partial charge in [0.25, 0.3) is 0 Å². The molecule has 0 bridgehead atoms. The van der Waals surface area contributed by atoms with Gasteiger partial charge in [-0.15, -0.1) is 0 Å². The molecule has 0 atom stereocenters. The molecule has 0 unspecified atom stereocenters. The van der Waals surface area contributed by atoms with Crippen molar-refractivity contribution in [2.45, 2.75) is 47.0 Å². The van der Waals surface area contributed by atoms with E-state index in [0.29, 0.717) is 17.9 Å². The Bertz CT molecular complexity index is 236. The monoisotopic (exact) mass is 225 g/mol. The first-order valence-electron chi connectivity index (χ1n) is 5.99. The van der Waals surface area contributed by atoms with Crippen LogP contribution in [0.25, 0.3) is 0 Å². The average Bonchev–Trinajstić information content (AvgIpc) is 2.12. The Morgan fingerprint density at radius 2 is 1.94 bits per heavy atom. The zero-order chi connectivity index (χ0) is 12.6. The molecule has 0 amide bonds. The molecule has 0 saturated carbocycles. The zero-order valence-electron chi connectivity index (χ0n) is 11.3. The van der Waals surface area contributed by atoms with Crippen LogP contribution >= 0.6 is 0 Å². The summed E-state index contributed by atoms with van der Waals surface area (Å²) in [5, 5.41) is 3.11. The third-order valence-corrected chi connectivity index (χ3v) is 2.18. The van der Waals surface area contributed by atoms with E-state index in [1.54, 1.807) is 0 Å². The van der Waals surface area contributed by atoms with Crippen LogP contribution in [0.1, 0.15) is 47.0 Å². The largest absolute Gasteiger partial charge is 0.370 e. The second-order valence-electron chi connectivity index (χ2n) is 5.60. The Morgan fingerprint density at radius 3 is 2.44 bits per heavy atom. The average molecular weight is 225 g/mol. The van der Waals surface area contributed by atoms with Crippen molar-refractivity contribution in [1.82, 2.24) is 5.32 Å². The fraction of sp³-hybridized carbons (Fsp3) is 0.769. The third kappa shape index (κ3) is 11.1. The van der Waals surface area contributed by atoms with Gasteiger partial charge in [-0.3, -0.25) is 0 Å². The maximum atomic E-state index is 5.69. The first kappa shape index (κ1) is 15.0. The van der Waals surface area contributed by atoms with Crippen LogP contribution in [-0.2, 0) is 0 Å². The summed E-state index contributed by atoms with van der Waals surface area (Å²) in [5.41, 5.74) is 7.14. The number of rotatable bonds is 6. The lowest BCUT2D eigenvalue weighted by molar-refractivity contribution is 0.360. The first-order chi connectivity index (χ1) is 7.31. The summed E-state index contributed by atoms with van der Waals surface area (Å²) in [5.74, 6) is 0.527. The number of aliphatic imine (C=N–C) groups is 1. The van der Waals surface area contributed by atoms with E-state index in [1.165, 1.54) is 12.8 Å². The van der Waals surface area contributed by atoms with Crippen molar-refractivity contribution in [3.05, 3.63) is 12.2 Å². The first-order valence-corrected chi connectivity index (χ1v) is 5.99. The van der Waals surface area contributed by atoms with Crippen LogP contribution in [0.4, 0.5) is 0 Å². The van der Waals surface area contributed by atoms with Crippen LogP contribution in [0.5, 0.6) is 0 Å². The lowest BCUT2D eigenvalue weighted by atomic mass is 9.90. The van der Waals surface area contributed by atoms with Crippen molar-refractivity contribution in [2.24, 2.45) is 16.1 Å². The maximum Gasteiger partial charge on any atom is 0.188 e. The van der Waals surface area contributed by atoms with Crippen LogP contribution in [0.3, 0.4) is 0 Å². The van der Waals surface area contributed by atoms with Gasteiger partial charge in [0.1, 0.15) is 0 Å². The number of unbranched alkanes of at least 4 members (excludes halogenated alkanes) is 1. The van der Waals surface area contributed by atoms with Gasteiger partial charge in [-0.2, -0.15) is 0 Å². The van der Waals surface area contributed by atoms with Gasteiger partial charge in [-0.25, -0.2) is 4.99 Å². The second kappa shape index (κ2) is 7.31. The van der Waals surface area contributed by atoms with E-state index in [1.807, 2.05) is 6.92 Å². The summed E-state index contributed by atoms with van der Waals surface area (Å²) >= 11 is 0. The fourth-order valence-corrected chi connectivity index (χ4v) is 1.27. The van der Waals surface area contributed by atoms with Crippen LogP contribution < -0.4 is 11.1 Å². The molecule has 0 aliphatic rings. The highest BCUT2D eigenvalue weighted by molar-refractivity contribution is 5.77. The summed E-state index contributed by atoms with van der Waals surface area (Å²) in [6.07, 6.45) is 3.61. The maximum absolute atomic E-state index is 5.69. The molecule has 3 heteroatoms. The van der Waals surface area contributed by atoms with E-state index in [2.05, 4.69) is 37.7 Å². The minimum absolute atomic E-state index is 0.430. The molecule has 0 spiro atoms. The fourth-order valence-electron chi connectivity index (χ4n) is 1.27. The highest BCUT2D eigenvalue weighted by Crippen LogP contribution is 2.20. The summed E-state index contributed by atoms with van der Waals surface area (Å²) < 4.78 is 0. The van der Waals surface area contributed by atoms with Crippen molar-refractivity contribution in [2.75, 3.05) is 13.1 Å². The Balaban J connectivity index is 3.52. The molecule has 0 aliphatic heterocycles. The standard InChI is InChI=1S/C13H27N3/c1-11(2)10-16-12(14)15-9-7-6-8-13(3,4)5/h1,6-10H2,2-5H3,(H3,14,15,16). The molecule has 0 heterocycles. The van der Waals surface area contributed by atoms with E-state index in [9.17, 15) is 0 Å². The van der Waals surface area contributed by atoms with Gasteiger partial charge >= 0.3 is 0 Å². The van der Waals surface area contributed by atoms with Gasteiger partial charge in [-0.1, -0.05) is 39.3 Å². The van der Waals surface area contributed by atoms with E-state index >= 15 is 0 Å². The van der Waals surface area contributed by atoms with Crippen molar-refractivity contribution in [3.63, 3.8) is 0 Å². The van der Waals surface area contributed by atoms with Crippen molar-refractivity contribution < 1.29 is 0 Å². The van der Waals surface area contributed by atoms with E-state index in [-0.39, 0.29) is 0 Å². The van der Waals surface area contributed by atoms with Gasteiger partial charge in [-0.05, 0) is 25.2 Å². The summed E-state index contributed by atoms with van der Waals surface area (Å²) in [7, 11) is 0. The van der Waals surface area contributed by atoms with Gasteiger partial charge in [0, 0.05) is 6.54 Å². The molecule has 16 heavy (non-hydrogen) atoms. The van der Waals surface area contributed by atoms with Crippen LogP contribution in [0.15, 0.2) is 17.1 Å². The summed E-state index contributed by atoms with van der Waals surface area (Å²) in [6.45, 7) is 14.0. The van der Waals surface area contributed by atoms with Gasteiger partial charge in [0.2, 0.25) is 0 Å². The highest BCUT2D eigenvalue weighted by atomic mass is 15.1.